The maximum Gasteiger partial charge on any atom is 0.228 e. The molecule has 10 heteroatoms. The first-order valence-corrected chi connectivity index (χ1v) is 16.8. The number of carbonyl (C=O) groups excluding carboxylic acids is 3. The van der Waals surface area contributed by atoms with E-state index < -0.39 is 6.04 Å². The van der Waals surface area contributed by atoms with Gasteiger partial charge in [-0.05, 0) is 54.4 Å². The molecule has 3 N–H and O–H groups in total. The number of carbonyl (C=O) groups is 3. The van der Waals surface area contributed by atoms with Crippen molar-refractivity contribution in [2.24, 2.45) is 5.41 Å². The molecule has 2 amide bonds. The molecule has 2 heterocycles. The van der Waals surface area contributed by atoms with E-state index in [-0.39, 0.29) is 54.1 Å². The fourth-order valence-corrected chi connectivity index (χ4v) is 7.13. The number of aliphatic hydroxyl groups excluding tert-OH is 1. The zero-order valence-corrected chi connectivity index (χ0v) is 27.7. The Bertz CT molecular complexity index is 1640. The fourth-order valence-electron chi connectivity index (χ4n) is 6.85. The molecule has 4 aliphatic rings. The van der Waals surface area contributed by atoms with Crippen molar-refractivity contribution >= 4 is 29.2 Å². The topological polar surface area (TPSA) is 117 Å². The number of fused-ring (bicyclic) bond motifs is 1. The second-order valence-electron chi connectivity index (χ2n) is 13.5. The number of hydrogen-bond acceptors (Lipinski definition) is 7. The molecule has 9 nitrogen and oxygen atoms in total. The summed E-state index contributed by atoms with van der Waals surface area (Å²) in [5, 5.41) is 17.7. The Hall–Kier alpha value is -4.08. The van der Waals surface area contributed by atoms with Crippen LogP contribution in [0, 0.1) is 5.41 Å². The number of ether oxygens (including phenoxy) is 2. The molecule has 0 spiro atoms. The Kier molecular flexibility index (Phi) is 9.75. The Balaban J connectivity index is 1.36. The van der Waals surface area contributed by atoms with Crippen molar-refractivity contribution in [2.45, 2.75) is 84.0 Å². The van der Waals surface area contributed by atoms with Crippen molar-refractivity contribution in [1.82, 2.24) is 15.5 Å². The van der Waals surface area contributed by atoms with Gasteiger partial charge in [-0.15, -0.1) is 0 Å². The van der Waals surface area contributed by atoms with Crippen LogP contribution < -0.4 is 15.4 Å². The second kappa shape index (κ2) is 14.0. The van der Waals surface area contributed by atoms with Crippen LogP contribution in [-0.4, -0.2) is 46.9 Å². The van der Waals surface area contributed by atoms with Crippen molar-refractivity contribution in [2.75, 3.05) is 13.2 Å². The summed E-state index contributed by atoms with van der Waals surface area (Å²) in [6.07, 6.45) is 5.37. The van der Waals surface area contributed by atoms with Crippen LogP contribution in [0.3, 0.4) is 0 Å². The van der Waals surface area contributed by atoms with Gasteiger partial charge in [-0.1, -0.05) is 67.9 Å². The highest BCUT2D eigenvalue weighted by molar-refractivity contribution is 6.31. The molecule has 248 valence electrons. The van der Waals surface area contributed by atoms with Gasteiger partial charge in [-0.2, -0.15) is 0 Å². The highest BCUT2D eigenvalue weighted by atomic mass is 35.5. The van der Waals surface area contributed by atoms with E-state index in [1.807, 2.05) is 50.3 Å². The van der Waals surface area contributed by atoms with Gasteiger partial charge >= 0.3 is 0 Å². The van der Waals surface area contributed by atoms with Gasteiger partial charge in [-0.3, -0.25) is 19.3 Å². The molecular weight excluding hydrogens is 618 g/mol. The summed E-state index contributed by atoms with van der Waals surface area (Å²) in [5.74, 6) is -0.0257. The highest BCUT2D eigenvalue weighted by Crippen LogP contribution is 2.49. The Morgan fingerprint density at radius 2 is 1.96 bits per heavy atom. The van der Waals surface area contributed by atoms with Crippen LogP contribution in [-0.2, 0) is 25.7 Å². The van der Waals surface area contributed by atoms with Gasteiger partial charge in [0.1, 0.15) is 23.8 Å². The lowest BCUT2D eigenvalue weighted by Gasteiger charge is -2.37. The monoisotopic (exact) mass is 659 g/mol. The predicted octanol–water partition coefficient (Wildman–Crippen LogP) is 6.56. The normalized spacial score (nSPS) is 22.1. The minimum Gasteiger partial charge on any atom is -0.510 e. The minimum absolute atomic E-state index is 0.00696. The number of aliphatic hydroxyl groups is 1. The predicted molar refractivity (Wildman–Crippen MR) is 178 cm³/mol. The summed E-state index contributed by atoms with van der Waals surface area (Å²) < 4.78 is 11.6. The zero-order chi connectivity index (χ0) is 33.1. The number of halogens is 1. The number of rotatable bonds is 9. The number of Topliss-reactive ketones (excluding diaryl/α,β-unsaturated/α-hetero) is 1. The summed E-state index contributed by atoms with van der Waals surface area (Å²) in [6, 6.07) is 14.2. The van der Waals surface area contributed by atoms with Gasteiger partial charge < -0.3 is 25.2 Å². The summed E-state index contributed by atoms with van der Waals surface area (Å²) in [6.45, 7) is 5.52. The second-order valence-corrected chi connectivity index (χ2v) is 13.9. The fraction of sp³-hybridized carbons (Fsp3) is 0.432. The van der Waals surface area contributed by atoms with Crippen LogP contribution in [0.4, 0.5) is 0 Å². The Morgan fingerprint density at radius 1 is 1.15 bits per heavy atom. The molecule has 0 saturated carbocycles. The van der Waals surface area contributed by atoms with E-state index in [0.29, 0.717) is 78.0 Å². The molecule has 2 aliphatic heterocycles. The molecule has 0 aromatic heterocycles. The maximum atomic E-state index is 14.4. The maximum absolute atomic E-state index is 14.4. The first-order chi connectivity index (χ1) is 22.6. The van der Waals surface area contributed by atoms with Gasteiger partial charge in [0.05, 0.1) is 17.8 Å². The molecule has 0 bridgehead atoms. The van der Waals surface area contributed by atoms with Gasteiger partial charge in [0, 0.05) is 55.1 Å². The molecule has 1 fully saturated rings. The van der Waals surface area contributed by atoms with E-state index in [0.717, 1.165) is 18.4 Å². The van der Waals surface area contributed by atoms with Gasteiger partial charge in [0.2, 0.25) is 11.8 Å². The number of nitrogens with one attached hydrogen (secondary N) is 2. The van der Waals surface area contributed by atoms with E-state index in [1.165, 1.54) is 0 Å². The van der Waals surface area contributed by atoms with Gasteiger partial charge in [-0.25, -0.2) is 0 Å². The Labute approximate surface area is 280 Å². The average Bonchev–Trinajstić information content (AvgIpc) is 3.51. The first kappa shape index (κ1) is 32.8. The molecule has 2 aromatic carbocycles. The number of benzene rings is 2. The van der Waals surface area contributed by atoms with E-state index in [1.54, 1.807) is 23.1 Å². The van der Waals surface area contributed by atoms with Crippen LogP contribution >= 0.6 is 11.6 Å². The molecule has 6 rings (SSSR count). The number of ketones is 1. The zero-order valence-electron chi connectivity index (χ0n) is 26.9. The van der Waals surface area contributed by atoms with Crippen LogP contribution in [0.15, 0.2) is 83.0 Å². The molecule has 2 unspecified atom stereocenters. The largest absolute Gasteiger partial charge is 0.510 e. The molecule has 2 aromatic rings. The van der Waals surface area contributed by atoms with Crippen molar-refractivity contribution in [3.8, 4) is 5.75 Å². The van der Waals surface area contributed by atoms with Crippen molar-refractivity contribution < 1.29 is 29.0 Å². The van der Waals surface area contributed by atoms with Crippen LogP contribution in [0.25, 0.3) is 0 Å². The van der Waals surface area contributed by atoms with Crippen molar-refractivity contribution in [3.05, 3.63) is 99.2 Å². The minimum atomic E-state index is -0.881. The number of nitrogens with zero attached hydrogens (tertiary/aromatic N) is 1. The summed E-state index contributed by atoms with van der Waals surface area (Å²) in [4.78, 5) is 42.8. The Morgan fingerprint density at radius 3 is 2.70 bits per heavy atom. The molecular formula is C37H42ClN3O6. The van der Waals surface area contributed by atoms with Crippen molar-refractivity contribution in [1.29, 1.82) is 0 Å². The standard InChI is InChI=1S/C37H42ClN3O6/c1-37(2)19-28-34(31(43)20-37)36(26-14-13-24(18-27(26)38)47-22-23-8-4-3-5-9-23)41(29-11-6-12-30(42)35(29)40-28)33(45)16-15-32(44)39-21-25-10-7-17-46-25/h3-5,8-9,11,13-14,18,25,36,40,42H,6-7,10,12,15-17,19-22H2,1-2H3,(H,39,44). The summed E-state index contributed by atoms with van der Waals surface area (Å²) in [5.41, 5.74) is 3.22. The third kappa shape index (κ3) is 7.41. The molecule has 47 heavy (non-hydrogen) atoms. The van der Waals surface area contributed by atoms with Crippen LogP contribution in [0.2, 0.25) is 5.02 Å². The molecule has 2 atom stereocenters. The lowest BCUT2D eigenvalue weighted by molar-refractivity contribution is -0.133. The summed E-state index contributed by atoms with van der Waals surface area (Å²) >= 11 is 7.01. The van der Waals surface area contributed by atoms with E-state index in [9.17, 15) is 19.5 Å². The first-order valence-electron chi connectivity index (χ1n) is 16.4. The number of amides is 2. The van der Waals surface area contributed by atoms with E-state index in [2.05, 4.69) is 10.6 Å². The van der Waals surface area contributed by atoms with E-state index in [4.69, 9.17) is 21.1 Å². The molecule has 1 saturated heterocycles. The quantitative estimate of drug-likeness (QED) is 0.279. The summed E-state index contributed by atoms with van der Waals surface area (Å²) in [7, 11) is 0. The van der Waals surface area contributed by atoms with Gasteiger partial charge in [0.15, 0.2) is 5.78 Å². The molecule has 2 aliphatic carbocycles. The van der Waals surface area contributed by atoms with E-state index >= 15 is 0 Å². The van der Waals surface area contributed by atoms with Crippen LogP contribution in [0.1, 0.15) is 82.4 Å². The SMILES string of the molecule is CC1(C)CC(=O)C2=C(C1)NC1=C(O)CCC=C1N(C(=O)CCC(=O)NCC1CCCO1)C2c1ccc(OCc2ccccc2)cc1Cl. The lowest BCUT2D eigenvalue weighted by Crippen LogP contribution is -2.39. The number of allylic oxidation sites excluding steroid dienone is 3. The lowest BCUT2D eigenvalue weighted by atomic mass is 9.73. The highest BCUT2D eigenvalue weighted by Gasteiger charge is 2.45. The van der Waals surface area contributed by atoms with Gasteiger partial charge in [0.25, 0.3) is 0 Å². The smallest absolute Gasteiger partial charge is 0.228 e. The average molecular weight is 660 g/mol. The third-order valence-electron chi connectivity index (χ3n) is 9.15. The number of hydrogen-bond donors (Lipinski definition) is 3. The van der Waals surface area contributed by atoms with Crippen LogP contribution in [0.5, 0.6) is 5.75 Å². The third-order valence-corrected chi connectivity index (χ3v) is 9.48. The van der Waals surface area contributed by atoms with Crippen molar-refractivity contribution in [3.63, 3.8) is 0 Å². The molecule has 0 radical (unpaired) electrons.